The molecular formula is C10H20N2O5S. The van der Waals surface area contributed by atoms with Gasteiger partial charge in [0, 0.05) is 19.2 Å². The molecule has 1 aliphatic rings. The van der Waals surface area contributed by atoms with Crippen LogP contribution in [0.3, 0.4) is 0 Å². The van der Waals surface area contributed by atoms with Crippen LogP contribution in [0.5, 0.6) is 0 Å². The van der Waals surface area contributed by atoms with Crippen molar-refractivity contribution in [3.63, 3.8) is 0 Å². The number of nitrogens with zero attached hydrogens (tertiary/aromatic N) is 1. The lowest BCUT2D eigenvalue weighted by molar-refractivity contribution is 0.170. The standard InChI is InChI=1S/C10H20N2O5S/c1-10(2,3)11-9(13)17-18(14,15)12(4)8-5-6-16-7-8/h8H,5-7H2,1-4H3,(H,11,13). The average Bonchev–Trinajstić information content (AvgIpc) is 2.64. The molecule has 18 heavy (non-hydrogen) atoms. The molecule has 1 heterocycles. The molecular weight excluding hydrogens is 260 g/mol. The summed E-state index contributed by atoms with van der Waals surface area (Å²) in [7, 11) is -2.70. The highest BCUT2D eigenvalue weighted by atomic mass is 32.2. The van der Waals surface area contributed by atoms with Gasteiger partial charge in [0.25, 0.3) is 0 Å². The van der Waals surface area contributed by atoms with E-state index in [1.54, 1.807) is 20.8 Å². The molecule has 0 aromatic carbocycles. The molecule has 7 nitrogen and oxygen atoms in total. The van der Waals surface area contributed by atoms with Gasteiger partial charge in [0.15, 0.2) is 0 Å². The van der Waals surface area contributed by atoms with Crippen molar-refractivity contribution < 1.29 is 22.1 Å². The Labute approximate surface area is 108 Å². The Morgan fingerprint density at radius 2 is 2.06 bits per heavy atom. The van der Waals surface area contributed by atoms with Crippen LogP contribution >= 0.6 is 0 Å². The third kappa shape index (κ3) is 4.43. The second-order valence-electron chi connectivity index (χ2n) is 5.24. The minimum absolute atomic E-state index is 0.280. The second-order valence-corrected chi connectivity index (χ2v) is 6.84. The molecule has 1 unspecified atom stereocenters. The van der Waals surface area contributed by atoms with Gasteiger partial charge in [-0.2, -0.15) is 12.7 Å². The van der Waals surface area contributed by atoms with Crippen LogP contribution in [0, 0.1) is 0 Å². The first kappa shape index (κ1) is 15.2. The molecule has 1 atom stereocenters. The number of carbonyl (C=O) groups excluding carboxylic acids is 1. The van der Waals surface area contributed by atoms with Gasteiger partial charge in [-0.1, -0.05) is 0 Å². The zero-order valence-corrected chi connectivity index (χ0v) is 11.9. The molecule has 0 spiro atoms. The molecule has 1 amide bonds. The van der Waals surface area contributed by atoms with Crippen molar-refractivity contribution in [2.75, 3.05) is 20.3 Å². The van der Waals surface area contributed by atoms with Crippen molar-refractivity contribution in [3.8, 4) is 0 Å². The molecule has 0 saturated carbocycles. The van der Waals surface area contributed by atoms with E-state index in [1.807, 2.05) is 0 Å². The predicted molar refractivity (Wildman–Crippen MR) is 65.3 cm³/mol. The molecule has 0 aliphatic carbocycles. The number of ether oxygens (including phenoxy) is 1. The monoisotopic (exact) mass is 280 g/mol. The third-order valence-electron chi connectivity index (χ3n) is 2.43. The van der Waals surface area contributed by atoms with Crippen molar-refractivity contribution in [2.24, 2.45) is 0 Å². The summed E-state index contributed by atoms with van der Waals surface area (Å²) in [6.07, 6.45) is -0.381. The van der Waals surface area contributed by atoms with Crippen LogP contribution in [0.4, 0.5) is 4.79 Å². The van der Waals surface area contributed by atoms with Gasteiger partial charge in [-0.3, -0.25) is 0 Å². The van der Waals surface area contributed by atoms with Gasteiger partial charge in [0.1, 0.15) is 0 Å². The molecule has 1 N–H and O–H groups in total. The highest BCUT2D eigenvalue weighted by Crippen LogP contribution is 2.15. The van der Waals surface area contributed by atoms with E-state index in [9.17, 15) is 13.2 Å². The SMILES string of the molecule is CN(C1CCOC1)S(=O)(=O)OC(=O)NC(C)(C)C. The summed E-state index contributed by atoms with van der Waals surface area (Å²) in [5, 5.41) is 2.42. The lowest BCUT2D eigenvalue weighted by Crippen LogP contribution is -2.45. The van der Waals surface area contributed by atoms with Crippen LogP contribution in [0.25, 0.3) is 0 Å². The quantitative estimate of drug-likeness (QED) is 0.812. The Hall–Kier alpha value is -0.860. The maximum absolute atomic E-state index is 11.8. The predicted octanol–water partition coefficient (Wildman–Crippen LogP) is 0.477. The van der Waals surface area contributed by atoms with Crippen LogP contribution in [-0.2, 0) is 19.2 Å². The molecule has 8 heteroatoms. The molecule has 1 saturated heterocycles. The van der Waals surface area contributed by atoms with Crippen molar-refractivity contribution in [3.05, 3.63) is 0 Å². The summed E-state index contributed by atoms with van der Waals surface area (Å²) in [6.45, 7) is 6.03. The van der Waals surface area contributed by atoms with Crippen molar-refractivity contribution in [2.45, 2.75) is 38.8 Å². The fraction of sp³-hybridized carbons (Fsp3) is 0.900. The van der Waals surface area contributed by atoms with E-state index >= 15 is 0 Å². The highest BCUT2D eigenvalue weighted by molar-refractivity contribution is 7.84. The van der Waals surface area contributed by atoms with E-state index in [2.05, 4.69) is 9.50 Å². The summed E-state index contributed by atoms with van der Waals surface area (Å²) in [5.74, 6) is 0. The largest absolute Gasteiger partial charge is 0.424 e. The van der Waals surface area contributed by atoms with Gasteiger partial charge < -0.3 is 14.2 Å². The van der Waals surface area contributed by atoms with Gasteiger partial charge in [0.05, 0.1) is 12.6 Å². The van der Waals surface area contributed by atoms with Crippen LogP contribution in [-0.4, -0.2) is 50.7 Å². The summed E-state index contributed by atoms with van der Waals surface area (Å²) in [4.78, 5) is 11.4. The van der Waals surface area contributed by atoms with Crippen molar-refractivity contribution in [1.82, 2.24) is 9.62 Å². The minimum Gasteiger partial charge on any atom is -0.380 e. The molecule has 1 fully saturated rings. The summed E-state index contributed by atoms with van der Waals surface area (Å²) in [6, 6.07) is -0.280. The fourth-order valence-corrected chi connectivity index (χ4v) is 2.35. The van der Waals surface area contributed by atoms with E-state index in [-0.39, 0.29) is 6.04 Å². The van der Waals surface area contributed by atoms with Crippen LogP contribution in [0.15, 0.2) is 0 Å². The Bertz CT molecular complexity index is 395. The van der Waals surface area contributed by atoms with Crippen molar-refractivity contribution in [1.29, 1.82) is 0 Å². The van der Waals surface area contributed by atoms with Gasteiger partial charge >= 0.3 is 16.4 Å². The first-order chi connectivity index (χ1) is 8.12. The molecule has 0 radical (unpaired) electrons. The van der Waals surface area contributed by atoms with Gasteiger partial charge in [-0.15, -0.1) is 0 Å². The topological polar surface area (TPSA) is 84.9 Å². The van der Waals surface area contributed by atoms with Gasteiger partial charge in [-0.25, -0.2) is 4.79 Å². The number of hydrogen-bond acceptors (Lipinski definition) is 5. The first-order valence-electron chi connectivity index (χ1n) is 5.69. The molecule has 0 aromatic rings. The number of nitrogens with one attached hydrogen (secondary N) is 1. The molecule has 0 bridgehead atoms. The van der Waals surface area contributed by atoms with Crippen LogP contribution in [0.2, 0.25) is 0 Å². The second kappa shape index (κ2) is 5.41. The number of hydrogen-bond donors (Lipinski definition) is 1. The van der Waals surface area contributed by atoms with Crippen LogP contribution in [0.1, 0.15) is 27.2 Å². The maximum Gasteiger partial charge on any atom is 0.424 e. The number of carbonyl (C=O) groups is 1. The average molecular weight is 280 g/mol. The Balaban J connectivity index is 2.61. The molecule has 1 rings (SSSR count). The minimum atomic E-state index is -4.07. The molecule has 1 aliphatic heterocycles. The number of rotatable bonds is 3. The zero-order chi connectivity index (χ0) is 14.0. The summed E-state index contributed by atoms with van der Waals surface area (Å²) < 4.78 is 34.2. The highest BCUT2D eigenvalue weighted by Gasteiger charge is 2.33. The normalized spacial score (nSPS) is 21.1. The third-order valence-corrected chi connectivity index (χ3v) is 3.80. The van der Waals surface area contributed by atoms with Crippen molar-refractivity contribution >= 4 is 16.4 Å². The maximum atomic E-state index is 11.8. The van der Waals surface area contributed by atoms with Gasteiger partial charge in [-0.05, 0) is 27.2 Å². The van der Waals surface area contributed by atoms with E-state index < -0.39 is 21.9 Å². The lowest BCUT2D eigenvalue weighted by Gasteiger charge is -2.23. The number of likely N-dealkylation sites (N-methyl/N-ethyl adjacent to an activating group) is 1. The smallest absolute Gasteiger partial charge is 0.380 e. The Morgan fingerprint density at radius 3 is 2.50 bits per heavy atom. The lowest BCUT2D eigenvalue weighted by atomic mass is 10.1. The molecule has 0 aromatic heterocycles. The summed E-state index contributed by atoms with van der Waals surface area (Å²) in [5.41, 5.74) is -0.554. The van der Waals surface area contributed by atoms with Gasteiger partial charge in [0.2, 0.25) is 0 Å². The molecule has 106 valence electrons. The van der Waals surface area contributed by atoms with Crippen LogP contribution < -0.4 is 5.32 Å². The number of amides is 1. The Morgan fingerprint density at radius 1 is 1.44 bits per heavy atom. The zero-order valence-electron chi connectivity index (χ0n) is 11.1. The Kier molecular flexibility index (Phi) is 4.57. The summed E-state index contributed by atoms with van der Waals surface area (Å²) >= 11 is 0. The van der Waals surface area contributed by atoms with E-state index in [4.69, 9.17) is 4.74 Å². The van der Waals surface area contributed by atoms with E-state index in [0.717, 1.165) is 4.31 Å². The van der Waals surface area contributed by atoms with E-state index in [0.29, 0.717) is 19.6 Å². The fourth-order valence-electron chi connectivity index (χ4n) is 1.47. The first-order valence-corrected chi connectivity index (χ1v) is 7.06. The van der Waals surface area contributed by atoms with E-state index in [1.165, 1.54) is 7.05 Å².